The third-order valence-corrected chi connectivity index (χ3v) is 3.13. The predicted octanol–water partition coefficient (Wildman–Crippen LogP) is 1.76. The van der Waals surface area contributed by atoms with Gasteiger partial charge in [0.05, 0.1) is 29.7 Å². The van der Waals surface area contributed by atoms with E-state index in [4.69, 9.17) is 4.74 Å². The number of morpholine rings is 1. The van der Waals surface area contributed by atoms with Crippen LogP contribution in [0.1, 0.15) is 31.1 Å². The first-order chi connectivity index (χ1) is 9.11. The Balaban J connectivity index is 2.19. The van der Waals surface area contributed by atoms with Crippen LogP contribution in [0.5, 0.6) is 0 Å². The van der Waals surface area contributed by atoms with Crippen molar-refractivity contribution < 1.29 is 9.53 Å². The maximum Gasteiger partial charge on any atom is 0.256 e. The van der Waals surface area contributed by atoms with Crippen molar-refractivity contribution in [2.24, 2.45) is 0 Å². The first kappa shape index (κ1) is 13.8. The molecular formula is C14H21N3O2. The van der Waals surface area contributed by atoms with Gasteiger partial charge >= 0.3 is 0 Å². The lowest BCUT2D eigenvalue weighted by Gasteiger charge is -2.35. The molecule has 1 aliphatic heterocycles. The first-order valence-electron chi connectivity index (χ1n) is 6.74. The highest BCUT2D eigenvalue weighted by Gasteiger charge is 2.27. The van der Waals surface area contributed by atoms with Crippen LogP contribution < -0.4 is 5.32 Å². The van der Waals surface area contributed by atoms with E-state index in [1.54, 1.807) is 18.5 Å². The molecule has 0 saturated carbocycles. The summed E-state index contributed by atoms with van der Waals surface area (Å²) >= 11 is 0. The topological polar surface area (TPSA) is 54.5 Å². The van der Waals surface area contributed by atoms with Crippen LogP contribution in [0, 0.1) is 0 Å². The molecular weight excluding hydrogens is 242 g/mol. The molecule has 0 spiro atoms. The quantitative estimate of drug-likeness (QED) is 0.903. The van der Waals surface area contributed by atoms with Crippen molar-refractivity contribution in [2.45, 2.75) is 33.0 Å². The zero-order valence-electron chi connectivity index (χ0n) is 11.7. The number of hydrogen-bond donors (Lipinski definition) is 1. The number of rotatable bonds is 3. The molecule has 0 aromatic carbocycles. The van der Waals surface area contributed by atoms with Crippen LogP contribution in [-0.2, 0) is 4.74 Å². The van der Waals surface area contributed by atoms with Gasteiger partial charge in [-0.05, 0) is 26.8 Å². The number of aromatic nitrogens is 1. The van der Waals surface area contributed by atoms with E-state index in [0.717, 1.165) is 12.2 Å². The van der Waals surface area contributed by atoms with Crippen molar-refractivity contribution in [3.8, 4) is 0 Å². The number of amides is 1. The SMILES string of the molecule is CCNc1cnccc1C(=O)N1C[C@@H](C)O[C@@H](C)C1. The molecule has 0 unspecified atom stereocenters. The first-order valence-corrected chi connectivity index (χ1v) is 6.74. The Bertz CT molecular complexity index is 440. The van der Waals surface area contributed by atoms with Crippen molar-refractivity contribution in [2.75, 3.05) is 25.0 Å². The standard InChI is InChI=1S/C14H21N3O2/c1-4-16-13-7-15-6-5-12(13)14(18)17-8-10(2)19-11(3)9-17/h5-7,10-11,16H,4,8-9H2,1-3H3/t10-,11+. The van der Waals surface area contributed by atoms with Crippen LogP contribution >= 0.6 is 0 Å². The average Bonchev–Trinajstić information content (AvgIpc) is 2.38. The number of anilines is 1. The summed E-state index contributed by atoms with van der Waals surface area (Å²) in [6.45, 7) is 8.03. The van der Waals surface area contributed by atoms with E-state index < -0.39 is 0 Å². The molecule has 1 fully saturated rings. The van der Waals surface area contributed by atoms with E-state index in [1.165, 1.54) is 0 Å². The molecule has 104 valence electrons. The fourth-order valence-corrected chi connectivity index (χ4v) is 2.43. The highest BCUT2D eigenvalue weighted by Crippen LogP contribution is 2.19. The highest BCUT2D eigenvalue weighted by molar-refractivity contribution is 5.99. The summed E-state index contributed by atoms with van der Waals surface area (Å²) in [7, 11) is 0. The number of nitrogens with zero attached hydrogens (tertiary/aromatic N) is 2. The largest absolute Gasteiger partial charge is 0.383 e. The van der Waals surface area contributed by atoms with E-state index in [2.05, 4.69) is 10.3 Å². The number of carbonyl (C=O) groups excluding carboxylic acids is 1. The molecule has 2 rings (SSSR count). The lowest BCUT2D eigenvalue weighted by atomic mass is 10.1. The summed E-state index contributed by atoms with van der Waals surface area (Å²) in [5.74, 6) is 0.0420. The Morgan fingerprint density at radius 1 is 1.47 bits per heavy atom. The maximum atomic E-state index is 12.6. The fourth-order valence-electron chi connectivity index (χ4n) is 2.43. The van der Waals surface area contributed by atoms with E-state index in [1.807, 2.05) is 25.7 Å². The minimum atomic E-state index is 0.0420. The summed E-state index contributed by atoms with van der Waals surface area (Å²) in [6.07, 6.45) is 3.51. The summed E-state index contributed by atoms with van der Waals surface area (Å²) in [5, 5.41) is 3.18. The van der Waals surface area contributed by atoms with Crippen molar-refractivity contribution >= 4 is 11.6 Å². The summed E-state index contributed by atoms with van der Waals surface area (Å²) in [5.41, 5.74) is 1.47. The van der Waals surface area contributed by atoms with Gasteiger partial charge in [-0.1, -0.05) is 0 Å². The summed E-state index contributed by atoms with van der Waals surface area (Å²) < 4.78 is 5.66. The smallest absolute Gasteiger partial charge is 0.256 e. The second-order valence-corrected chi connectivity index (χ2v) is 4.92. The maximum absolute atomic E-state index is 12.6. The van der Waals surface area contributed by atoms with Crippen LogP contribution in [0.15, 0.2) is 18.5 Å². The van der Waals surface area contributed by atoms with Gasteiger partial charge in [0.1, 0.15) is 0 Å². The molecule has 19 heavy (non-hydrogen) atoms. The van der Waals surface area contributed by atoms with Crippen LogP contribution in [-0.4, -0.2) is 47.6 Å². The average molecular weight is 263 g/mol. The molecule has 5 heteroatoms. The van der Waals surface area contributed by atoms with Gasteiger partial charge in [-0.25, -0.2) is 0 Å². The van der Waals surface area contributed by atoms with Gasteiger partial charge in [-0.2, -0.15) is 0 Å². The molecule has 1 saturated heterocycles. The molecule has 0 aliphatic carbocycles. The lowest BCUT2D eigenvalue weighted by Crippen LogP contribution is -2.48. The van der Waals surface area contributed by atoms with Crippen LogP contribution in [0.3, 0.4) is 0 Å². The third kappa shape index (κ3) is 3.23. The normalized spacial score (nSPS) is 23.2. The summed E-state index contributed by atoms with van der Waals surface area (Å²) in [6, 6.07) is 1.77. The molecule has 2 atom stereocenters. The molecule has 1 aromatic heterocycles. The molecule has 0 bridgehead atoms. The number of hydrogen-bond acceptors (Lipinski definition) is 4. The van der Waals surface area contributed by atoms with Crippen LogP contribution in [0.2, 0.25) is 0 Å². The fraction of sp³-hybridized carbons (Fsp3) is 0.571. The zero-order valence-corrected chi connectivity index (χ0v) is 11.7. The Labute approximate surface area is 114 Å². The van der Waals surface area contributed by atoms with Gasteiger partial charge in [-0.15, -0.1) is 0 Å². The predicted molar refractivity (Wildman–Crippen MR) is 74.3 cm³/mol. The minimum Gasteiger partial charge on any atom is -0.383 e. The van der Waals surface area contributed by atoms with Gasteiger partial charge in [0.15, 0.2) is 0 Å². The Kier molecular flexibility index (Phi) is 4.37. The minimum absolute atomic E-state index is 0.0420. The third-order valence-electron chi connectivity index (χ3n) is 3.13. The van der Waals surface area contributed by atoms with Gasteiger partial charge in [-0.3, -0.25) is 9.78 Å². The molecule has 0 radical (unpaired) electrons. The number of nitrogens with one attached hydrogen (secondary N) is 1. The monoisotopic (exact) mass is 263 g/mol. The second-order valence-electron chi connectivity index (χ2n) is 4.92. The van der Waals surface area contributed by atoms with E-state index in [-0.39, 0.29) is 18.1 Å². The van der Waals surface area contributed by atoms with Crippen molar-refractivity contribution in [1.82, 2.24) is 9.88 Å². The van der Waals surface area contributed by atoms with Crippen molar-refractivity contribution in [1.29, 1.82) is 0 Å². The second kappa shape index (κ2) is 6.02. The molecule has 1 aliphatic rings. The van der Waals surface area contributed by atoms with Gasteiger partial charge in [0, 0.05) is 25.8 Å². The highest BCUT2D eigenvalue weighted by atomic mass is 16.5. The Morgan fingerprint density at radius 3 is 2.79 bits per heavy atom. The summed E-state index contributed by atoms with van der Waals surface area (Å²) in [4.78, 5) is 18.5. The van der Waals surface area contributed by atoms with E-state index >= 15 is 0 Å². The number of carbonyl (C=O) groups is 1. The number of pyridine rings is 1. The van der Waals surface area contributed by atoms with Crippen LogP contribution in [0.25, 0.3) is 0 Å². The van der Waals surface area contributed by atoms with E-state index in [9.17, 15) is 4.79 Å². The molecule has 5 nitrogen and oxygen atoms in total. The van der Waals surface area contributed by atoms with E-state index in [0.29, 0.717) is 18.7 Å². The van der Waals surface area contributed by atoms with Gasteiger partial charge < -0.3 is 15.0 Å². The van der Waals surface area contributed by atoms with Gasteiger partial charge in [0.2, 0.25) is 0 Å². The molecule has 1 aromatic rings. The zero-order chi connectivity index (χ0) is 13.8. The van der Waals surface area contributed by atoms with Crippen molar-refractivity contribution in [3.63, 3.8) is 0 Å². The lowest BCUT2D eigenvalue weighted by molar-refractivity contribution is -0.0585. The van der Waals surface area contributed by atoms with Crippen molar-refractivity contribution in [3.05, 3.63) is 24.0 Å². The Hall–Kier alpha value is -1.62. The molecule has 2 heterocycles. The van der Waals surface area contributed by atoms with Crippen LogP contribution in [0.4, 0.5) is 5.69 Å². The number of ether oxygens (including phenoxy) is 1. The molecule has 1 N–H and O–H groups in total. The van der Waals surface area contributed by atoms with Gasteiger partial charge in [0.25, 0.3) is 5.91 Å². The Morgan fingerprint density at radius 2 is 2.16 bits per heavy atom. The molecule has 1 amide bonds.